The summed E-state index contributed by atoms with van der Waals surface area (Å²) >= 11 is 1.49. The molecular formula is C47H70N10O17S. The van der Waals surface area contributed by atoms with Crippen LogP contribution in [0.25, 0.3) is 10.9 Å². The third kappa shape index (κ3) is 21.2. The number of carbonyl (C=O) groups excluding carboxylic acids is 11. The first kappa shape index (κ1) is 63.8. The molecule has 1 aromatic heterocycles. The van der Waals surface area contributed by atoms with Crippen molar-refractivity contribution in [2.24, 2.45) is 23.3 Å². The van der Waals surface area contributed by atoms with Crippen LogP contribution in [0.15, 0.2) is 23.2 Å². The topological polar surface area (TPSA) is 416 Å². The zero-order valence-corrected chi connectivity index (χ0v) is 44.1. The Balaban J connectivity index is 2.07. The van der Waals surface area contributed by atoms with Gasteiger partial charge in [-0.05, 0) is 49.6 Å². The number of hydrogen-bond acceptors (Lipinski definition) is 18. The minimum Gasteiger partial charge on any atom is -0.480 e. The Morgan fingerprint density at radius 2 is 1.39 bits per heavy atom. The minimum absolute atomic E-state index is 0.0862. The lowest BCUT2D eigenvalue weighted by atomic mass is 9.95. The Kier molecular flexibility index (Phi) is 26.2. The summed E-state index contributed by atoms with van der Waals surface area (Å²) in [5.41, 5.74) is 13.1. The quantitative estimate of drug-likeness (QED) is 0.0213. The molecule has 1 unspecified atom stereocenters. The van der Waals surface area contributed by atoms with Crippen molar-refractivity contribution in [2.75, 3.05) is 38.5 Å². The largest absolute Gasteiger partial charge is 0.480 e. The molecule has 75 heavy (non-hydrogen) atoms. The van der Waals surface area contributed by atoms with Crippen LogP contribution in [0.4, 0.5) is 0 Å². The van der Waals surface area contributed by atoms with Gasteiger partial charge in [-0.15, -0.1) is 11.8 Å². The van der Waals surface area contributed by atoms with Gasteiger partial charge in [-0.3, -0.25) is 52.7 Å². The van der Waals surface area contributed by atoms with E-state index in [2.05, 4.69) is 36.9 Å². The molecule has 416 valence electrons. The minimum atomic E-state index is -1.79. The molecule has 27 nitrogen and oxygen atoms in total. The van der Waals surface area contributed by atoms with E-state index in [-0.39, 0.29) is 6.42 Å². The van der Waals surface area contributed by atoms with E-state index >= 15 is 0 Å². The molecule has 0 radical (unpaired) electrons. The van der Waals surface area contributed by atoms with Gasteiger partial charge in [-0.25, -0.2) is 4.79 Å². The average molecular weight is 1080 g/mol. The predicted molar refractivity (Wildman–Crippen MR) is 268 cm³/mol. The zero-order chi connectivity index (χ0) is 56.9. The summed E-state index contributed by atoms with van der Waals surface area (Å²) in [6.07, 6.45) is -3.00. The van der Waals surface area contributed by atoms with Crippen molar-refractivity contribution in [1.82, 2.24) is 41.8 Å². The number of carbonyl (C=O) groups is 12. The third-order valence-electron chi connectivity index (χ3n) is 11.3. The number of rotatable bonds is 31. The first-order valence-corrected chi connectivity index (χ1v) is 24.8. The highest BCUT2D eigenvalue weighted by Gasteiger charge is 2.39. The summed E-state index contributed by atoms with van der Waals surface area (Å²) in [6.45, 7) is 9.25. The number of nitrogens with one attached hydrogen (secondary N) is 7. The highest BCUT2D eigenvalue weighted by Crippen LogP contribution is 2.33. The number of H-pyrrole nitrogens is 1. The summed E-state index contributed by atoms with van der Waals surface area (Å²) < 4.78 is 15.2. The lowest BCUT2D eigenvalue weighted by Crippen LogP contribution is -2.60. The first-order valence-electron chi connectivity index (χ1n) is 23.8. The van der Waals surface area contributed by atoms with E-state index in [4.69, 9.17) is 25.7 Å². The van der Waals surface area contributed by atoms with Gasteiger partial charge in [0.25, 0.3) is 0 Å². The second-order valence-electron chi connectivity index (χ2n) is 17.6. The van der Waals surface area contributed by atoms with E-state index in [1.54, 1.807) is 32.0 Å². The van der Waals surface area contributed by atoms with E-state index in [9.17, 15) is 67.7 Å². The number of thioether (sulfide) groups is 1. The summed E-state index contributed by atoms with van der Waals surface area (Å²) in [7, 11) is 0. The van der Waals surface area contributed by atoms with Gasteiger partial charge in [0, 0.05) is 44.7 Å². The third-order valence-corrected chi connectivity index (χ3v) is 12.3. The number of esters is 3. The molecular weight excluding hydrogens is 1010 g/mol. The second kappa shape index (κ2) is 30.8. The number of ether oxygens (including phenoxy) is 3. The standard InChI is InChI=1S/C47H70N10O17S/c1-10-22(3)40(55-39(65)19-51-43(67)32(48)15-31-30-13-12-29(73-27(8)60)14-33(30)54-45(31)75-11-2)44(68)52-17-37(63)50-18-38(64)53-34(16-36(49)62)46(69)57(20-23(4)58)25(6)42(66)56-41(47(70)71)24(5)35(74-28(9)61)21-72-26(7)59/h12-14,22-25,32,34-35,40-41,54,58H,10-11,15-21,48H2,1-9H3,(H2,49,62)(H,50,63)(H,51,67)(H,52,68)(H,53,64)(H,55,65)(H,56,66)(H,70,71)/t22-,23+,24-,25-,32+,34?,35-,40-,41-/m0/s1. The van der Waals surface area contributed by atoms with E-state index in [1.807, 2.05) is 6.92 Å². The molecule has 2 aromatic rings. The predicted octanol–water partition coefficient (Wildman–Crippen LogP) is -2.39. The van der Waals surface area contributed by atoms with E-state index in [0.29, 0.717) is 23.4 Å². The van der Waals surface area contributed by atoms with Crippen molar-refractivity contribution >= 4 is 93.8 Å². The number of aliphatic carboxylic acids is 1. The molecule has 28 heteroatoms. The summed E-state index contributed by atoms with van der Waals surface area (Å²) in [5.74, 6) is -11.8. The molecule has 0 saturated carbocycles. The van der Waals surface area contributed by atoms with Crippen LogP contribution >= 0.6 is 11.8 Å². The number of amides is 8. The van der Waals surface area contributed by atoms with Gasteiger partial charge in [0.2, 0.25) is 47.3 Å². The maximum atomic E-state index is 13.9. The second-order valence-corrected chi connectivity index (χ2v) is 18.8. The van der Waals surface area contributed by atoms with Gasteiger partial charge < -0.3 is 77.7 Å². The number of aliphatic hydroxyl groups excluding tert-OH is 1. The van der Waals surface area contributed by atoms with Gasteiger partial charge in [-0.2, -0.15) is 0 Å². The molecule has 1 aromatic carbocycles. The number of nitrogens with zero attached hydrogens (tertiary/aromatic N) is 1. The molecule has 0 aliphatic carbocycles. The van der Waals surface area contributed by atoms with Crippen LogP contribution in [-0.2, 0) is 73.4 Å². The zero-order valence-electron chi connectivity index (χ0n) is 43.3. The van der Waals surface area contributed by atoms with Crippen molar-refractivity contribution in [3.8, 4) is 5.75 Å². The van der Waals surface area contributed by atoms with Crippen LogP contribution in [-0.4, -0.2) is 172 Å². The Bertz CT molecular complexity index is 2410. The Morgan fingerprint density at radius 1 is 0.773 bits per heavy atom. The highest BCUT2D eigenvalue weighted by atomic mass is 32.2. The van der Waals surface area contributed by atoms with Gasteiger partial charge in [0.1, 0.15) is 42.6 Å². The lowest BCUT2D eigenvalue weighted by Gasteiger charge is -2.34. The number of fused-ring (bicyclic) bond motifs is 1. The molecule has 0 aliphatic rings. The van der Waals surface area contributed by atoms with Crippen LogP contribution in [0.2, 0.25) is 0 Å². The van der Waals surface area contributed by atoms with Crippen molar-refractivity contribution in [1.29, 1.82) is 0 Å². The molecule has 9 atom stereocenters. The van der Waals surface area contributed by atoms with Gasteiger partial charge in [-0.1, -0.05) is 34.1 Å². The number of carboxylic acids is 1. The molecule has 8 amide bonds. The maximum Gasteiger partial charge on any atom is 0.326 e. The van der Waals surface area contributed by atoms with Crippen LogP contribution in [0.5, 0.6) is 5.75 Å². The number of aliphatic hydroxyl groups is 1. The number of aromatic amines is 1. The Morgan fingerprint density at radius 3 is 1.95 bits per heavy atom. The summed E-state index contributed by atoms with van der Waals surface area (Å²) in [6, 6.07) is -2.42. The fourth-order valence-corrected chi connectivity index (χ4v) is 8.13. The van der Waals surface area contributed by atoms with Gasteiger partial charge in [0.05, 0.1) is 48.7 Å². The number of nitrogens with two attached hydrogens (primary N) is 2. The fourth-order valence-electron chi connectivity index (χ4n) is 7.29. The monoisotopic (exact) mass is 1080 g/mol. The molecule has 0 spiro atoms. The smallest absolute Gasteiger partial charge is 0.326 e. The number of benzene rings is 1. The van der Waals surface area contributed by atoms with Gasteiger partial charge in [0.15, 0.2) is 0 Å². The molecule has 2 rings (SSSR count). The van der Waals surface area contributed by atoms with Crippen LogP contribution in [0, 0.1) is 11.8 Å². The average Bonchev–Trinajstić information content (AvgIpc) is 3.66. The van der Waals surface area contributed by atoms with Crippen LogP contribution in [0.3, 0.4) is 0 Å². The molecule has 0 saturated heterocycles. The number of aromatic nitrogens is 1. The molecule has 0 aliphatic heterocycles. The number of hydrogen-bond donors (Lipinski definition) is 11. The summed E-state index contributed by atoms with van der Waals surface area (Å²) in [5, 5.41) is 35.9. The van der Waals surface area contributed by atoms with Crippen LogP contribution in [0.1, 0.15) is 80.7 Å². The molecule has 1 heterocycles. The Labute approximate surface area is 436 Å². The normalized spacial score (nSPS) is 14.6. The van der Waals surface area contributed by atoms with Crippen molar-refractivity contribution in [3.05, 3.63) is 23.8 Å². The van der Waals surface area contributed by atoms with Crippen molar-refractivity contribution in [2.45, 2.75) is 129 Å². The molecule has 13 N–H and O–H groups in total. The molecule has 0 bridgehead atoms. The highest BCUT2D eigenvalue weighted by molar-refractivity contribution is 7.99. The Hall–Kier alpha value is -7.33. The number of carboxylic acid groups (broad SMARTS) is 1. The van der Waals surface area contributed by atoms with Crippen molar-refractivity contribution < 1.29 is 82.0 Å². The van der Waals surface area contributed by atoms with E-state index < -0.39 is 165 Å². The van der Waals surface area contributed by atoms with Crippen LogP contribution < -0.4 is 48.1 Å². The van der Waals surface area contributed by atoms with E-state index in [1.165, 1.54) is 32.5 Å². The van der Waals surface area contributed by atoms with Crippen molar-refractivity contribution in [3.63, 3.8) is 0 Å². The van der Waals surface area contributed by atoms with Gasteiger partial charge >= 0.3 is 23.9 Å². The maximum absolute atomic E-state index is 13.9. The summed E-state index contributed by atoms with van der Waals surface area (Å²) in [4.78, 5) is 156. The first-order chi connectivity index (χ1) is 35.1. The lowest BCUT2D eigenvalue weighted by molar-refractivity contribution is -0.163. The SMILES string of the molecule is CCSc1[nH]c2cc(OC(C)=O)ccc2c1C[C@@H](N)C(=O)NCC(=O)N[C@H](C(=O)NCC(=O)NCC(=O)NC(CC(N)=O)C(=O)N(C[C@@H](C)O)[C@@H](C)C(=O)N[C@H](C(=O)O)[C@@H](C)[C@H](COC(C)=O)OC(C)=O)[C@@H](C)CC. The fraction of sp³-hybridized carbons (Fsp3) is 0.574. The number of primary amides is 1. The molecule has 0 fully saturated rings. The van der Waals surface area contributed by atoms with E-state index in [0.717, 1.165) is 41.6 Å².